The third kappa shape index (κ3) is 3.42. The van der Waals surface area contributed by atoms with Crippen LogP contribution >= 0.6 is 0 Å². The first-order valence-electron chi connectivity index (χ1n) is 8.16. The maximum absolute atomic E-state index is 12.7. The summed E-state index contributed by atoms with van der Waals surface area (Å²) in [7, 11) is 0. The van der Waals surface area contributed by atoms with E-state index in [1.807, 2.05) is 26.0 Å². The maximum atomic E-state index is 12.7. The van der Waals surface area contributed by atoms with Crippen LogP contribution in [0, 0.1) is 11.8 Å². The fourth-order valence-electron chi connectivity index (χ4n) is 3.06. The van der Waals surface area contributed by atoms with Crippen LogP contribution in [0.25, 0.3) is 0 Å². The minimum absolute atomic E-state index is 0.134. The van der Waals surface area contributed by atoms with Gasteiger partial charge in [0.05, 0.1) is 0 Å². The van der Waals surface area contributed by atoms with E-state index in [9.17, 15) is 19.5 Å². The first-order chi connectivity index (χ1) is 11.2. The van der Waals surface area contributed by atoms with Gasteiger partial charge in [-0.3, -0.25) is 9.59 Å². The molecule has 0 bridgehead atoms. The fourth-order valence-corrected chi connectivity index (χ4v) is 3.06. The molecule has 1 aliphatic heterocycles. The van der Waals surface area contributed by atoms with Gasteiger partial charge in [-0.2, -0.15) is 0 Å². The maximum Gasteiger partial charge on any atom is 0.326 e. The van der Waals surface area contributed by atoms with Crippen molar-refractivity contribution >= 4 is 17.8 Å². The molecule has 6 heteroatoms. The van der Waals surface area contributed by atoms with E-state index < -0.39 is 24.0 Å². The van der Waals surface area contributed by atoms with Crippen molar-refractivity contribution in [1.29, 1.82) is 0 Å². The second kappa shape index (κ2) is 7.03. The second-order valence-electron chi connectivity index (χ2n) is 6.85. The van der Waals surface area contributed by atoms with Gasteiger partial charge in [0.2, 0.25) is 5.91 Å². The summed E-state index contributed by atoms with van der Waals surface area (Å²) >= 11 is 0. The van der Waals surface area contributed by atoms with Gasteiger partial charge >= 0.3 is 5.97 Å². The van der Waals surface area contributed by atoms with Gasteiger partial charge in [0, 0.05) is 12.1 Å². The van der Waals surface area contributed by atoms with Crippen molar-refractivity contribution in [3.63, 3.8) is 0 Å². The zero-order chi connectivity index (χ0) is 18.0. The average Bonchev–Trinajstić information content (AvgIpc) is 2.81. The van der Waals surface area contributed by atoms with Crippen LogP contribution in [0.5, 0.6) is 0 Å². The van der Waals surface area contributed by atoms with Crippen LogP contribution < -0.4 is 5.32 Å². The van der Waals surface area contributed by atoms with Crippen molar-refractivity contribution < 1.29 is 19.5 Å². The Kier molecular flexibility index (Phi) is 5.26. The molecule has 0 saturated carbocycles. The topological polar surface area (TPSA) is 86.7 Å². The number of hydrogen-bond acceptors (Lipinski definition) is 3. The molecule has 130 valence electrons. The van der Waals surface area contributed by atoms with Crippen LogP contribution in [0.4, 0.5) is 0 Å². The summed E-state index contributed by atoms with van der Waals surface area (Å²) < 4.78 is 0. The normalized spacial score (nSPS) is 16.2. The smallest absolute Gasteiger partial charge is 0.326 e. The standard InChI is InChI=1S/C18H24N2O4/c1-10(2)14(18(23)24)19-16(21)15(11(3)4)20-9-12-7-5-6-8-13(12)17(20)22/h5-8,10-11,14-15H,9H2,1-4H3,(H,19,21)(H,23,24)/t14-,15-/m0/s1. The van der Waals surface area contributed by atoms with Gasteiger partial charge in [-0.25, -0.2) is 4.79 Å². The number of hydrogen-bond donors (Lipinski definition) is 2. The first kappa shape index (κ1) is 18.0. The Balaban J connectivity index is 2.23. The summed E-state index contributed by atoms with van der Waals surface area (Å²) in [6, 6.07) is 5.60. The molecule has 1 aliphatic rings. The highest BCUT2D eigenvalue weighted by atomic mass is 16.4. The van der Waals surface area contributed by atoms with Crippen LogP contribution in [0.2, 0.25) is 0 Å². The largest absolute Gasteiger partial charge is 0.480 e. The number of aliphatic carboxylic acids is 1. The Morgan fingerprint density at radius 3 is 2.25 bits per heavy atom. The highest BCUT2D eigenvalue weighted by Gasteiger charge is 2.39. The van der Waals surface area contributed by atoms with Crippen molar-refractivity contribution in [2.24, 2.45) is 11.8 Å². The summed E-state index contributed by atoms with van der Waals surface area (Å²) in [4.78, 5) is 38.2. The molecular formula is C18H24N2O4. The SMILES string of the molecule is CC(C)[C@H](NC(=O)[C@H](C(C)C)N1Cc2ccccc2C1=O)C(=O)O. The minimum Gasteiger partial charge on any atom is -0.480 e. The number of carbonyl (C=O) groups excluding carboxylic acids is 2. The number of nitrogens with zero attached hydrogens (tertiary/aromatic N) is 1. The molecule has 2 atom stereocenters. The third-order valence-corrected chi connectivity index (χ3v) is 4.32. The van der Waals surface area contributed by atoms with E-state index in [0.29, 0.717) is 12.1 Å². The van der Waals surface area contributed by atoms with E-state index in [4.69, 9.17) is 0 Å². The number of rotatable bonds is 6. The Morgan fingerprint density at radius 1 is 1.12 bits per heavy atom. The molecule has 0 radical (unpaired) electrons. The van der Waals surface area contributed by atoms with E-state index in [1.54, 1.807) is 26.0 Å². The van der Waals surface area contributed by atoms with E-state index in [1.165, 1.54) is 4.90 Å². The van der Waals surface area contributed by atoms with Gasteiger partial charge in [0.25, 0.3) is 5.91 Å². The molecule has 1 aromatic carbocycles. The predicted octanol–water partition coefficient (Wildman–Crippen LogP) is 1.89. The van der Waals surface area contributed by atoms with Gasteiger partial charge in [0.1, 0.15) is 12.1 Å². The quantitative estimate of drug-likeness (QED) is 0.833. The molecule has 2 N–H and O–H groups in total. The van der Waals surface area contributed by atoms with E-state index in [0.717, 1.165) is 5.56 Å². The van der Waals surface area contributed by atoms with E-state index in [-0.39, 0.29) is 17.7 Å². The van der Waals surface area contributed by atoms with Crippen LogP contribution in [0.1, 0.15) is 43.6 Å². The number of nitrogens with one attached hydrogen (secondary N) is 1. The Bertz CT molecular complexity index is 654. The van der Waals surface area contributed by atoms with Gasteiger partial charge in [-0.1, -0.05) is 45.9 Å². The van der Waals surface area contributed by atoms with Crippen molar-refractivity contribution in [1.82, 2.24) is 10.2 Å². The summed E-state index contributed by atoms with van der Waals surface area (Å²) in [5.41, 5.74) is 1.49. The number of amides is 2. The zero-order valence-corrected chi connectivity index (χ0v) is 14.4. The van der Waals surface area contributed by atoms with Crippen molar-refractivity contribution in [2.45, 2.75) is 46.3 Å². The number of carbonyl (C=O) groups is 3. The molecule has 0 spiro atoms. The lowest BCUT2D eigenvalue weighted by Gasteiger charge is -2.31. The molecule has 0 fully saturated rings. The molecule has 6 nitrogen and oxygen atoms in total. The first-order valence-corrected chi connectivity index (χ1v) is 8.16. The summed E-state index contributed by atoms with van der Waals surface area (Å²) in [5, 5.41) is 11.9. The average molecular weight is 332 g/mol. The highest BCUT2D eigenvalue weighted by Crippen LogP contribution is 2.27. The van der Waals surface area contributed by atoms with Crippen LogP contribution in [0.3, 0.4) is 0 Å². The Morgan fingerprint density at radius 2 is 1.75 bits per heavy atom. The molecule has 1 aromatic rings. The summed E-state index contributed by atoms with van der Waals surface area (Å²) in [6.07, 6.45) is 0. The zero-order valence-electron chi connectivity index (χ0n) is 14.4. The number of carboxylic acids is 1. The number of benzene rings is 1. The molecular weight excluding hydrogens is 308 g/mol. The molecule has 2 rings (SSSR count). The Hall–Kier alpha value is -2.37. The molecule has 1 heterocycles. The third-order valence-electron chi connectivity index (χ3n) is 4.32. The van der Waals surface area contributed by atoms with Gasteiger partial charge in [-0.05, 0) is 23.5 Å². The molecule has 0 unspecified atom stereocenters. The molecule has 2 amide bonds. The lowest BCUT2D eigenvalue weighted by atomic mass is 9.99. The van der Waals surface area contributed by atoms with Crippen molar-refractivity contribution in [2.75, 3.05) is 0 Å². The van der Waals surface area contributed by atoms with Crippen LogP contribution in [-0.4, -0.2) is 39.9 Å². The Labute approximate surface area is 141 Å². The van der Waals surface area contributed by atoms with Crippen LogP contribution in [0.15, 0.2) is 24.3 Å². The number of carboxylic acid groups (broad SMARTS) is 1. The van der Waals surface area contributed by atoms with E-state index in [2.05, 4.69) is 5.32 Å². The number of fused-ring (bicyclic) bond motifs is 1. The monoisotopic (exact) mass is 332 g/mol. The summed E-state index contributed by atoms with van der Waals surface area (Å²) in [6.45, 7) is 7.54. The van der Waals surface area contributed by atoms with Crippen molar-refractivity contribution in [3.05, 3.63) is 35.4 Å². The van der Waals surface area contributed by atoms with Gasteiger partial charge in [0.15, 0.2) is 0 Å². The highest BCUT2D eigenvalue weighted by molar-refractivity contribution is 6.01. The second-order valence-corrected chi connectivity index (χ2v) is 6.85. The van der Waals surface area contributed by atoms with E-state index >= 15 is 0 Å². The molecule has 0 aliphatic carbocycles. The minimum atomic E-state index is -1.07. The van der Waals surface area contributed by atoms with Crippen LogP contribution in [-0.2, 0) is 16.1 Å². The molecule has 0 saturated heterocycles. The molecule has 0 aromatic heterocycles. The van der Waals surface area contributed by atoms with Crippen molar-refractivity contribution in [3.8, 4) is 0 Å². The lowest BCUT2D eigenvalue weighted by molar-refractivity contribution is -0.144. The van der Waals surface area contributed by atoms with Gasteiger partial charge < -0.3 is 15.3 Å². The fraction of sp³-hybridized carbons (Fsp3) is 0.500. The predicted molar refractivity (Wildman–Crippen MR) is 89.3 cm³/mol. The molecule has 24 heavy (non-hydrogen) atoms. The van der Waals surface area contributed by atoms with Gasteiger partial charge in [-0.15, -0.1) is 0 Å². The summed E-state index contributed by atoms with van der Waals surface area (Å²) in [5.74, 6) is -2.06. The lowest BCUT2D eigenvalue weighted by Crippen LogP contribution is -2.55.